The van der Waals surface area contributed by atoms with Gasteiger partial charge in [0.25, 0.3) is 0 Å². The van der Waals surface area contributed by atoms with Crippen molar-refractivity contribution < 1.29 is 9.90 Å². The van der Waals surface area contributed by atoms with Crippen molar-refractivity contribution in [2.24, 2.45) is 0 Å². The van der Waals surface area contributed by atoms with E-state index in [2.05, 4.69) is 5.32 Å². The molecule has 19 heavy (non-hydrogen) atoms. The molecule has 0 amide bonds. The lowest BCUT2D eigenvalue weighted by Crippen LogP contribution is -2.40. The largest absolute Gasteiger partial charge is 0.480 e. The highest BCUT2D eigenvalue weighted by Crippen LogP contribution is 2.28. The van der Waals surface area contributed by atoms with E-state index in [9.17, 15) is 9.90 Å². The minimum Gasteiger partial charge on any atom is -0.480 e. The lowest BCUT2D eigenvalue weighted by atomic mass is 9.85. The van der Waals surface area contributed by atoms with E-state index in [0.717, 1.165) is 11.1 Å². The highest BCUT2D eigenvalue weighted by Gasteiger charge is 2.29. The molecule has 0 fully saturated rings. The van der Waals surface area contributed by atoms with Gasteiger partial charge in [-0.05, 0) is 18.2 Å². The SMILES string of the molecule is CN[C@@H](C(=O)O)C(c1ccccc1)c1ccccc1. The van der Waals surface area contributed by atoms with Crippen LogP contribution in [0.15, 0.2) is 60.7 Å². The first-order valence-corrected chi connectivity index (χ1v) is 6.24. The molecule has 0 aromatic heterocycles. The van der Waals surface area contributed by atoms with Crippen LogP contribution in [0.2, 0.25) is 0 Å². The number of hydrogen-bond donors (Lipinski definition) is 2. The van der Waals surface area contributed by atoms with E-state index in [-0.39, 0.29) is 5.92 Å². The van der Waals surface area contributed by atoms with Crippen LogP contribution in [0.4, 0.5) is 0 Å². The van der Waals surface area contributed by atoms with Crippen molar-refractivity contribution in [3.63, 3.8) is 0 Å². The number of likely N-dealkylation sites (N-methyl/N-ethyl adjacent to an activating group) is 1. The Hall–Kier alpha value is -2.13. The van der Waals surface area contributed by atoms with Gasteiger partial charge in [-0.2, -0.15) is 0 Å². The number of nitrogens with one attached hydrogen (secondary N) is 1. The summed E-state index contributed by atoms with van der Waals surface area (Å²) in [5.74, 6) is -1.05. The van der Waals surface area contributed by atoms with Crippen molar-refractivity contribution in [3.8, 4) is 0 Å². The van der Waals surface area contributed by atoms with Gasteiger partial charge in [0.15, 0.2) is 0 Å². The van der Waals surface area contributed by atoms with Crippen LogP contribution in [0.3, 0.4) is 0 Å². The van der Waals surface area contributed by atoms with E-state index in [1.807, 2.05) is 60.7 Å². The average molecular weight is 255 g/mol. The van der Waals surface area contributed by atoms with E-state index in [0.29, 0.717) is 0 Å². The second-order valence-electron chi connectivity index (χ2n) is 4.40. The van der Waals surface area contributed by atoms with Crippen LogP contribution in [0.5, 0.6) is 0 Å². The van der Waals surface area contributed by atoms with Crippen LogP contribution in [0.1, 0.15) is 17.0 Å². The second-order valence-corrected chi connectivity index (χ2v) is 4.40. The van der Waals surface area contributed by atoms with Gasteiger partial charge in [0, 0.05) is 5.92 Å². The van der Waals surface area contributed by atoms with Crippen molar-refractivity contribution in [2.75, 3.05) is 7.05 Å². The summed E-state index contributed by atoms with van der Waals surface area (Å²) < 4.78 is 0. The second kappa shape index (κ2) is 6.16. The van der Waals surface area contributed by atoms with Crippen molar-refractivity contribution in [1.29, 1.82) is 0 Å². The fourth-order valence-electron chi connectivity index (χ4n) is 2.33. The summed E-state index contributed by atoms with van der Waals surface area (Å²) in [4.78, 5) is 11.5. The summed E-state index contributed by atoms with van der Waals surface area (Å²) in [5.41, 5.74) is 1.99. The number of carboxylic acid groups (broad SMARTS) is 1. The summed E-state index contributed by atoms with van der Waals surface area (Å²) in [6, 6.07) is 18.8. The van der Waals surface area contributed by atoms with Gasteiger partial charge in [-0.3, -0.25) is 4.79 Å². The molecule has 0 saturated carbocycles. The number of aliphatic carboxylic acids is 1. The first-order valence-electron chi connectivity index (χ1n) is 6.24. The van der Waals surface area contributed by atoms with E-state index in [1.54, 1.807) is 7.05 Å². The zero-order chi connectivity index (χ0) is 13.7. The molecule has 0 bridgehead atoms. The quantitative estimate of drug-likeness (QED) is 0.863. The molecule has 2 N–H and O–H groups in total. The number of benzene rings is 2. The summed E-state index contributed by atoms with van der Waals surface area (Å²) >= 11 is 0. The normalized spacial score (nSPS) is 12.3. The Morgan fingerprint density at radius 2 is 1.37 bits per heavy atom. The molecule has 98 valence electrons. The minimum absolute atomic E-state index is 0.204. The molecule has 0 unspecified atom stereocenters. The third-order valence-electron chi connectivity index (χ3n) is 3.23. The van der Waals surface area contributed by atoms with Gasteiger partial charge in [-0.1, -0.05) is 60.7 Å². The molecule has 1 atom stereocenters. The first-order chi connectivity index (χ1) is 9.24. The smallest absolute Gasteiger partial charge is 0.321 e. The number of carbonyl (C=O) groups is 1. The maximum absolute atomic E-state index is 11.5. The Balaban J connectivity index is 2.48. The van der Waals surface area contributed by atoms with E-state index < -0.39 is 12.0 Å². The molecule has 0 radical (unpaired) electrons. The molecule has 0 spiro atoms. The zero-order valence-corrected chi connectivity index (χ0v) is 10.8. The molecule has 2 rings (SSSR count). The van der Waals surface area contributed by atoms with Crippen LogP contribution in [-0.2, 0) is 4.79 Å². The maximum Gasteiger partial charge on any atom is 0.321 e. The topological polar surface area (TPSA) is 49.3 Å². The Morgan fingerprint density at radius 1 is 0.947 bits per heavy atom. The maximum atomic E-state index is 11.5. The highest BCUT2D eigenvalue weighted by molar-refractivity contribution is 5.76. The average Bonchev–Trinajstić information content (AvgIpc) is 2.46. The molecular formula is C16H17NO2. The molecular weight excluding hydrogens is 238 g/mol. The summed E-state index contributed by atoms with van der Waals surface area (Å²) in [6.07, 6.45) is 0. The van der Waals surface area contributed by atoms with Crippen LogP contribution >= 0.6 is 0 Å². The number of carboxylic acids is 1. The summed E-state index contributed by atoms with van der Waals surface area (Å²) in [5, 5.41) is 12.3. The lowest BCUT2D eigenvalue weighted by molar-refractivity contribution is -0.139. The Bertz CT molecular complexity index is 485. The lowest BCUT2D eigenvalue weighted by Gasteiger charge is -2.24. The van der Waals surface area contributed by atoms with E-state index in [4.69, 9.17) is 0 Å². The molecule has 3 heteroatoms. The van der Waals surface area contributed by atoms with E-state index in [1.165, 1.54) is 0 Å². The molecule has 2 aromatic rings. The molecule has 0 aliphatic heterocycles. The van der Waals surface area contributed by atoms with Gasteiger partial charge in [-0.25, -0.2) is 0 Å². The minimum atomic E-state index is -0.847. The number of rotatable bonds is 5. The van der Waals surface area contributed by atoms with Crippen molar-refractivity contribution in [2.45, 2.75) is 12.0 Å². The monoisotopic (exact) mass is 255 g/mol. The van der Waals surface area contributed by atoms with E-state index >= 15 is 0 Å². The molecule has 0 heterocycles. The Morgan fingerprint density at radius 3 is 1.68 bits per heavy atom. The first kappa shape index (κ1) is 13.3. The Kier molecular flexibility index (Phi) is 4.31. The fraction of sp³-hybridized carbons (Fsp3) is 0.188. The molecule has 0 aliphatic rings. The van der Waals surface area contributed by atoms with Crippen molar-refractivity contribution >= 4 is 5.97 Å². The standard InChI is InChI=1S/C16H17NO2/c1-17-15(16(18)19)14(12-8-4-2-5-9-12)13-10-6-3-7-11-13/h2-11,14-15,17H,1H3,(H,18,19)/t15-/m1/s1. The molecule has 0 aliphatic carbocycles. The van der Waals surface area contributed by atoms with Gasteiger partial charge in [0.1, 0.15) is 6.04 Å². The highest BCUT2D eigenvalue weighted by atomic mass is 16.4. The fourth-order valence-corrected chi connectivity index (χ4v) is 2.33. The van der Waals surface area contributed by atoms with Gasteiger partial charge >= 0.3 is 5.97 Å². The van der Waals surface area contributed by atoms with Crippen LogP contribution < -0.4 is 5.32 Å². The Labute approximate surface area is 112 Å². The van der Waals surface area contributed by atoms with Crippen LogP contribution in [0.25, 0.3) is 0 Å². The van der Waals surface area contributed by atoms with Crippen molar-refractivity contribution in [1.82, 2.24) is 5.32 Å². The predicted octanol–water partition coefficient (Wildman–Crippen LogP) is 2.49. The molecule has 2 aromatic carbocycles. The summed E-state index contributed by atoms with van der Waals surface area (Å²) in [7, 11) is 1.68. The van der Waals surface area contributed by atoms with Crippen LogP contribution in [0, 0.1) is 0 Å². The third-order valence-corrected chi connectivity index (χ3v) is 3.23. The zero-order valence-electron chi connectivity index (χ0n) is 10.8. The predicted molar refractivity (Wildman–Crippen MR) is 75.2 cm³/mol. The molecule has 0 saturated heterocycles. The number of hydrogen-bond acceptors (Lipinski definition) is 2. The third kappa shape index (κ3) is 3.01. The van der Waals surface area contributed by atoms with Gasteiger partial charge in [0.05, 0.1) is 0 Å². The molecule has 3 nitrogen and oxygen atoms in total. The van der Waals surface area contributed by atoms with Gasteiger partial charge in [0.2, 0.25) is 0 Å². The van der Waals surface area contributed by atoms with Crippen LogP contribution in [-0.4, -0.2) is 24.2 Å². The van der Waals surface area contributed by atoms with Gasteiger partial charge in [-0.15, -0.1) is 0 Å². The summed E-state index contributed by atoms with van der Waals surface area (Å²) in [6.45, 7) is 0. The van der Waals surface area contributed by atoms with Crippen molar-refractivity contribution in [3.05, 3.63) is 71.8 Å². The van der Waals surface area contributed by atoms with Gasteiger partial charge < -0.3 is 10.4 Å².